The zero-order chi connectivity index (χ0) is 30.0. The summed E-state index contributed by atoms with van der Waals surface area (Å²) in [6, 6.07) is 8.15. The van der Waals surface area contributed by atoms with E-state index in [4.69, 9.17) is 9.47 Å². The molecule has 1 aromatic rings. The second-order valence-electron chi connectivity index (χ2n) is 13.3. The van der Waals surface area contributed by atoms with Gasteiger partial charge in [-0.05, 0) is 37.2 Å². The number of hydrogen-bond acceptors (Lipinski definition) is 6. The van der Waals surface area contributed by atoms with Crippen molar-refractivity contribution in [2.24, 2.45) is 16.7 Å². The zero-order valence-corrected chi connectivity index (χ0v) is 25.0. The van der Waals surface area contributed by atoms with Crippen molar-refractivity contribution < 1.29 is 33.8 Å². The summed E-state index contributed by atoms with van der Waals surface area (Å²) in [5, 5.41) is 12.6. The van der Waals surface area contributed by atoms with Crippen molar-refractivity contribution in [1.82, 2.24) is 15.1 Å². The number of alkyl carbamates (subject to hydrolysis) is 1. The Balaban J connectivity index is 2.46. The van der Waals surface area contributed by atoms with Gasteiger partial charge in [0.1, 0.15) is 24.2 Å². The molecule has 2 unspecified atom stereocenters. The van der Waals surface area contributed by atoms with E-state index >= 15 is 0 Å². The molecule has 0 aliphatic carbocycles. The Bertz CT molecular complexity index is 1050. The van der Waals surface area contributed by atoms with E-state index in [0.29, 0.717) is 0 Å². The van der Waals surface area contributed by atoms with Gasteiger partial charge in [-0.3, -0.25) is 9.59 Å². The lowest BCUT2D eigenvalue weighted by molar-refractivity contribution is -0.170. The first-order valence-electron chi connectivity index (χ1n) is 13.2. The Kier molecular flexibility index (Phi) is 9.36. The highest BCUT2D eigenvalue weighted by Crippen LogP contribution is 2.47. The second-order valence-corrected chi connectivity index (χ2v) is 13.3. The Hall–Kier alpha value is -3.30. The number of amides is 3. The highest BCUT2D eigenvalue weighted by Gasteiger charge is 2.62. The monoisotopic (exact) mass is 547 g/mol. The summed E-state index contributed by atoms with van der Waals surface area (Å²) in [5.74, 6) is -1.99. The summed E-state index contributed by atoms with van der Waals surface area (Å²) in [6.07, 6.45) is -1.95. The van der Waals surface area contributed by atoms with Gasteiger partial charge < -0.3 is 29.7 Å². The van der Waals surface area contributed by atoms with Crippen molar-refractivity contribution in [3.8, 4) is 0 Å². The predicted molar refractivity (Wildman–Crippen MR) is 147 cm³/mol. The zero-order valence-electron chi connectivity index (χ0n) is 25.0. The third-order valence-electron chi connectivity index (χ3n) is 7.19. The summed E-state index contributed by atoms with van der Waals surface area (Å²) < 4.78 is 11.1. The maximum atomic E-state index is 14.2. The number of hydrogen-bond donors (Lipinski definition) is 2. The average Bonchev–Trinajstić information content (AvgIpc) is 3.22. The molecule has 2 rings (SSSR count). The molecule has 3 amide bonds. The summed E-state index contributed by atoms with van der Waals surface area (Å²) >= 11 is 0. The lowest BCUT2D eigenvalue weighted by atomic mass is 9.66. The number of ether oxygens (including phenoxy) is 2. The van der Waals surface area contributed by atoms with Crippen molar-refractivity contribution in [3.05, 3.63) is 35.9 Å². The molecule has 10 heteroatoms. The van der Waals surface area contributed by atoms with Crippen LogP contribution in [0.15, 0.2) is 30.3 Å². The van der Waals surface area contributed by atoms with Crippen molar-refractivity contribution in [2.45, 2.75) is 86.1 Å². The van der Waals surface area contributed by atoms with Crippen LogP contribution >= 0.6 is 0 Å². The smallest absolute Gasteiger partial charge is 0.408 e. The molecule has 10 nitrogen and oxygen atoms in total. The van der Waals surface area contributed by atoms with Gasteiger partial charge in [0.25, 0.3) is 0 Å². The van der Waals surface area contributed by atoms with Crippen molar-refractivity contribution in [2.75, 3.05) is 20.1 Å². The van der Waals surface area contributed by atoms with Crippen LogP contribution in [-0.4, -0.2) is 76.3 Å². The van der Waals surface area contributed by atoms with Crippen LogP contribution in [0.3, 0.4) is 0 Å². The van der Waals surface area contributed by atoms with Gasteiger partial charge in [-0.1, -0.05) is 71.9 Å². The molecule has 1 saturated heterocycles. The molecular formula is C29H45N3O7. The molecule has 0 bridgehead atoms. The third kappa shape index (κ3) is 7.42. The Morgan fingerprint density at radius 1 is 1.05 bits per heavy atom. The SMILES string of the molecule is CN(C(=O)[C@@H](NC(=O)OCc1ccccc1)C(C)(C)C)C1(C(C)(C)C)CN(C(=O)O)CC1C(=O)OC(C)(C)C. The maximum absolute atomic E-state index is 14.2. The fraction of sp³-hybridized carbons (Fsp3) is 0.655. The van der Waals surface area contributed by atoms with Crippen LogP contribution in [0.25, 0.3) is 0 Å². The van der Waals surface area contributed by atoms with E-state index < -0.39 is 58.0 Å². The van der Waals surface area contributed by atoms with E-state index in [1.54, 1.807) is 27.8 Å². The quantitative estimate of drug-likeness (QED) is 0.502. The minimum absolute atomic E-state index is 0.0355. The van der Waals surface area contributed by atoms with Crippen LogP contribution < -0.4 is 5.32 Å². The van der Waals surface area contributed by atoms with E-state index in [1.807, 2.05) is 71.9 Å². The predicted octanol–water partition coefficient (Wildman–Crippen LogP) is 4.52. The van der Waals surface area contributed by atoms with Gasteiger partial charge in [-0.15, -0.1) is 0 Å². The molecule has 0 spiro atoms. The molecule has 1 aromatic carbocycles. The third-order valence-corrected chi connectivity index (χ3v) is 7.19. The fourth-order valence-corrected chi connectivity index (χ4v) is 5.15. The molecule has 0 radical (unpaired) electrons. The number of likely N-dealkylation sites (tertiary alicyclic amines) is 1. The van der Waals surface area contributed by atoms with E-state index in [9.17, 15) is 24.3 Å². The van der Waals surface area contributed by atoms with Crippen molar-refractivity contribution in [3.63, 3.8) is 0 Å². The molecule has 1 heterocycles. The number of rotatable bonds is 6. The van der Waals surface area contributed by atoms with Crippen LogP contribution in [-0.2, 0) is 25.7 Å². The van der Waals surface area contributed by atoms with E-state index in [2.05, 4.69) is 5.32 Å². The van der Waals surface area contributed by atoms with E-state index in [0.717, 1.165) is 10.5 Å². The first-order chi connectivity index (χ1) is 17.7. The van der Waals surface area contributed by atoms with Gasteiger partial charge in [-0.25, -0.2) is 9.59 Å². The van der Waals surface area contributed by atoms with Crippen molar-refractivity contribution in [1.29, 1.82) is 0 Å². The Morgan fingerprint density at radius 3 is 2.08 bits per heavy atom. The molecule has 0 aromatic heterocycles. The van der Waals surface area contributed by atoms with Crippen LogP contribution in [0.5, 0.6) is 0 Å². The summed E-state index contributed by atoms with van der Waals surface area (Å²) in [6.45, 7) is 16.1. The van der Waals surface area contributed by atoms with Crippen LogP contribution in [0, 0.1) is 16.7 Å². The van der Waals surface area contributed by atoms with Gasteiger partial charge in [0.2, 0.25) is 5.91 Å². The molecule has 1 fully saturated rings. The highest BCUT2D eigenvalue weighted by molar-refractivity contribution is 5.88. The van der Waals surface area contributed by atoms with Gasteiger partial charge >= 0.3 is 18.2 Å². The number of carbonyl (C=O) groups is 4. The van der Waals surface area contributed by atoms with Crippen molar-refractivity contribution >= 4 is 24.1 Å². The maximum Gasteiger partial charge on any atom is 0.408 e. The number of likely N-dealkylation sites (N-methyl/N-ethyl adjacent to an activating group) is 1. The molecule has 1 aliphatic heterocycles. The number of esters is 1. The molecule has 39 heavy (non-hydrogen) atoms. The Morgan fingerprint density at radius 2 is 1.62 bits per heavy atom. The summed E-state index contributed by atoms with van der Waals surface area (Å²) in [7, 11) is 1.56. The highest BCUT2D eigenvalue weighted by atomic mass is 16.6. The first-order valence-corrected chi connectivity index (χ1v) is 13.2. The lowest BCUT2D eigenvalue weighted by Crippen LogP contribution is -2.68. The topological polar surface area (TPSA) is 125 Å². The molecule has 2 N–H and O–H groups in total. The van der Waals surface area contributed by atoms with Gasteiger partial charge in [0.05, 0.1) is 5.54 Å². The number of benzene rings is 1. The first kappa shape index (κ1) is 31.9. The Labute approximate surface area is 232 Å². The fourth-order valence-electron chi connectivity index (χ4n) is 5.15. The van der Waals surface area contributed by atoms with E-state index in [-0.39, 0.29) is 19.7 Å². The second kappa shape index (κ2) is 11.4. The number of carbonyl (C=O) groups excluding carboxylic acids is 3. The largest absolute Gasteiger partial charge is 0.465 e. The molecule has 3 atom stereocenters. The molecular weight excluding hydrogens is 502 g/mol. The number of carboxylic acid groups (broad SMARTS) is 1. The lowest BCUT2D eigenvalue weighted by Gasteiger charge is -2.52. The number of nitrogens with zero attached hydrogens (tertiary/aromatic N) is 2. The van der Waals surface area contributed by atoms with Crippen LogP contribution in [0.2, 0.25) is 0 Å². The minimum Gasteiger partial charge on any atom is -0.465 e. The van der Waals surface area contributed by atoms with Crippen LogP contribution in [0.4, 0.5) is 9.59 Å². The van der Waals surface area contributed by atoms with Gasteiger partial charge in [0.15, 0.2) is 0 Å². The summed E-state index contributed by atoms with van der Waals surface area (Å²) in [5.41, 5.74) is -2.75. The average molecular weight is 548 g/mol. The molecule has 1 aliphatic rings. The standard InChI is InChI=1S/C29H45N3O7/c1-26(2,3)21(30-24(35)38-17-19-14-12-11-13-15-19)22(33)31(10)29(27(4,5)6)18-32(25(36)37)16-20(29)23(34)39-28(7,8)9/h11-15,20-21H,16-18H2,1-10H3,(H,30,35)(H,36,37)/t20?,21-,29?/m1/s1. The number of nitrogens with one attached hydrogen (secondary N) is 1. The molecule has 218 valence electrons. The van der Waals surface area contributed by atoms with Gasteiger partial charge in [-0.2, -0.15) is 0 Å². The normalized spacial score (nSPS) is 20.7. The van der Waals surface area contributed by atoms with E-state index in [1.165, 1.54) is 4.90 Å². The van der Waals surface area contributed by atoms with Gasteiger partial charge in [0, 0.05) is 20.1 Å². The summed E-state index contributed by atoms with van der Waals surface area (Å²) in [4.78, 5) is 55.2. The molecule has 0 saturated carbocycles. The van der Waals surface area contributed by atoms with Crippen LogP contribution in [0.1, 0.15) is 67.9 Å². The minimum atomic E-state index is -1.26.